The summed E-state index contributed by atoms with van der Waals surface area (Å²) in [4.78, 5) is 28.4. The summed E-state index contributed by atoms with van der Waals surface area (Å²) in [6.45, 7) is 5.02. The van der Waals surface area contributed by atoms with E-state index in [4.69, 9.17) is 4.74 Å². The number of rotatable bonds is 6. The molecule has 31 heavy (non-hydrogen) atoms. The van der Waals surface area contributed by atoms with E-state index in [0.717, 1.165) is 23.7 Å². The Hall–Kier alpha value is -3.15. The van der Waals surface area contributed by atoms with Crippen molar-refractivity contribution in [3.63, 3.8) is 0 Å². The first kappa shape index (κ1) is 21.1. The molecule has 4 heterocycles. The number of carbonyl (C=O) groups excluding carboxylic acids is 2. The van der Waals surface area contributed by atoms with E-state index < -0.39 is 11.8 Å². The molecule has 2 N–H and O–H groups in total. The number of morpholine rings is 1. The normalized spacial score (nSPS) is 15.4. The van der Waals surface area contributed by atoms with Crippen molar-refractivity contribution in [3.05, 3.63) is 52.5 Å². The second kappa shape index (κ2) is 9.77. The third-order valence-corrected chi connectivity index (χ3v) is 5.88. The first-order chi connectivity index (χ1) is 15.1. The monoisotopic (exact) mass is 441 g/mol. The SMILES string of the molecule is Cc1ccc(-n2nccc2NC(=O)C(=O)NC[C@@H](c2cccs2)N2CCOCC2)nn1. The zero-order valence-electron chi connectivity index (χ0n) is 17.0. The summed E-state index contributed by atoms with van der Waals surface area (Å²) in [5.41, 5.74) is 0.765. The van der Waals surface area contributed by atoms with Crippen molar-refractivity contribution in [2.75, 3.05) is 38.2 Å². The van der Waals surface area contributed by atoms with Crippen molar-refractivity contribution in [3.8, 4) is 5.82 Å². The van der Waals surface area contributed by atoms with Crippen LogP contribution in [0.5, 0.6) is 0 Å². The van der Waals surface area contributed by atoms with E-state index >= 15 is 0 Å². The molecule has 0 saturated carbocycles. The quantitative estimate of drug-likeness (QED) is 0.552. The minimum absolute atomic E-state index is 0.00555. The number of nitrogens with one attached hydrogen (secondary N) is 2. The van der Waals surface area contributed by atoms with Crippen molar-refractivity contribution >= 4 is 29.0 Å². The predicted octanol–water partition coefficient (Wildman–Crippen LogP) is 1.16. The fourth-order valence-corrected chi connectivity index (χ4v) is 4.17. The zero-order valence-corrected chi connectivity index (χ0v) is 17.8. The lowest BCUT2D eigenvalue weighted by atomic mass is 10.2. The second-order valence-electron chi connectivity index (χ2n) is 7.00. The summed E-state index contributed by atoms with van der Waals surface area (Å²) in [6, 6.07) is 9.14. The van der Waals surface area contributed by atoms with Crippen molar-refractivity contribution in [2.24, 2.45) is 0 Å². The van der Waals surface area contributed by atoms with Gasteiger partial charge in [0.1, 0.15) is 5.82 Å². The van der Waals surface area contributed by atoms with Crippen LogP contribution in [0.3, 0.4) is 0 Å². The number of nitrogens with zero attached hydrogens (tertiary/aromatic N) is 5. The molecular formula is C20H23N7O3S. The van der Waals surface area contributed by atoms with Crippen molar-refractivity contribution < 1.29 is 14.3 Å². The van der Waals surface area contributed by atoms with Gasteiger partial charge in [0, 0.05) is 30.6 Å². The van der Waals surface area contributed by atoms with Gasteiger partial charge in [-0.1, -0.05) is 6.07 Å². The van der Waals surface area contributed by atoms with E-state index in [-0.39, 0.29) is 6.04 Å². The van der Waals surface area contributed by atoms with Crippen LogP contribution < -0.4 is 10.6 Å². The molecule has 1 saturated heterocycles. The molecule has 1 atom stereocenters. The minimum Gasteiger partial charge on any atom is -0.379 e. The summed E-state index contributed by atoms with van der Waals surface area (Å²) >= 11 is 1.63. The maximum Gasteiger partial charge on any atom is 0.314 e. The van der Waals surface area contributed by atoms with Gasteiger partial charge >= 0.3 is 11.8 Å². The molecule has 10 nitrogen and oxygen atoms in total. The number of anilines is 1. The summed E-state index contributed by atoms with van der Waals surface area (Å²) in [5, 5.41) is 19.6. The highest BCUT2D eigenvalue weighted by atomic mass is 32.1. The van der Waals surface area contributed by atoms with Crippen molar-refractivity contribution in [2.45, 2.75) is 13.0 Å². The molecule has 0 unspecified atom stereocenters. The Kier molecular flexibility index (Phi) is 6.65. The summed E-state index contributed by atoms with van der Waals surface area (Å²) in [6.07, 6.45) is 1.51. The van der Waals surface area contributed by atoms with E-state index in [1.165, 1.54) is 10.9 Å². The largest absolute Gasteiger partial charge is 0.379 e. The second-order valence-corrected chi connectivity index (χ2v) is 7.98. The lowest BCUT2D eigenvalue weighted by Gasteiger charge is -2.34. The van der Waals surface area contributed by atoms with Gasteiger partial charge in [-0.15, -0.1) is 16.4 Å². The highest BCUT2D eigenvalue weighted by Gasteiger charge is 2.25. The van der Waals surface area contributed by atoms with Gasteiger partial charge in [-0.3, -0.25) is 14.5 Å². The third kappa shape index (κ3) is 5.13. The summed E-state index contributed by atoms with van der Waals surface area (Å²) < 4.78 is 6.85. The standard InChI is InChI=1S/C20H23N7O3S/c1-14-4-5-18(25-24-14)27-17(6-7-22-27)23-20(29)19(28)21-13-15(16-3-2-12-31-16)26-8-10-30-11-9-26/h2-7,12,15H,8-11,13H2,1H3,(H,21,28)(H,23,29)/t15-/m0/s1. The number of carbonyl (C=O) groups is 2. The Morgan fingerprint density at radius 3 is 2.71 bits per heavy atom. The highest BCUT2D eigenvalue weighted by Crippen LogP contribution is 2.25. The molecule has 0 bridgehead atoms. The maximum absolute atomic E-state index is 12.5. The maximum atomic E-state index is 12.5. The van der Waals surface area contributed by atoms with Crippen LogP contribution in [0.4, 0.5) is 5.82 Å². The third-order valence-electron chi connectivity index (χ3n) is 4.91. The van der Waals surface area contributed by atoms with Gasteiger partial charge in [-0.05, 0) is 30.5 Å². The molecule has 1 fully saturated rings. The van der Waals surface area contributed by atoms with E-state index in [1.807, 2.05) is 24.4 Å². The molecule has 3 aromatic heterocycles. The molecular weight excluding hydrogens is 418 g/mol. The van der Waals surface area contributed by atoms with Gasteiger partial charge in [0.25, 0.3) is 0 Å². The van der Waals surface area contributed by atoms with E-state index in [9.17, 15) is 9.59 Å². The van der Waals surface area contributed by atoms with E-state index in [2.05, 4.69) is 30.8 Å². The molecule has 2 amide bonds. The van der Waals surface area contributed by atoms with Gasteiger partial charge in [0.15, 0.2) is 5.82 Å². The topological polar surface area (TPSA) is 114 Å². The predicted molar refractivity (Wildman–Crippen MR) is 115 cm³/mol. The van der Waals surface area contributed by atoms with Crippen LogP contribution >= 0.6 is 11.3 Å². The molecule has 0 spiro atoms. The average molecular weight is 442 g/mol. The van der Waals surface area contributed by atoms with Gasteiger partial charge in [-0.2, -0.15) is 14.9 Å². The molecule has 4 rings (SSSR count). The molecule has 11 heteroatoms. The number of ether oxygens (including phenoxy) is 1. The number of hydrogen-bond donors (Lipinski definition) is 2. The Morgan fingerprint density at radius 2 is 2.00 bits per heavy atom. The Balaban J connectivity index is 1.39. The molecule has 0 radical (unpaired) electrons. The van der Waals surface area contributed by atoms with Crippen LogP contribution in [0, 0.1) is 6.92 Å². The van der Waals surface area contributed by atoms with Crippen LogP contribution in [-0.2, 0) is 14.3 Å². The minimum atomic E-state index is -0.770. The number of hydrogen-bond acceptors (Lipinski definition) is 8. The van der Waals surface area contributed by atoms with Crippen molar-refractivity contribution in [1.82, 2.24) is 30.2 Å². The molecule has 162 valence electrons. The fraction of sp³-hybridized carbons (Fsp3) is 0.350. The Labute approximate surface area is 183 Å². The zero-order chi connectivity index (χ0) is 21.6. The summed E-state index contributed by atoms with van der Waals surface area (Å²) in [7, 11) is 0. The fourth-order valence-electron chi connectivity index (χ4n) is 3.31. The van der Waals surface area contributed by atoms with Crippen LogP contribution in [-0.4, -0.2) is 69.5 Å². The summed E-state index contributed by atoms with van der Waals surface area (Å²) in [5.74, 6) is -0.705. The number of aromatic nitrogens is 4. The molecule has 1 aliphatic rings. The van der Waals surface area contributed by atoms with Gasteiger partial charge < -0.3 is 15.4 Å². The van der Waals surface area contributed by atoms with Crippen LogP contribution in [0.25, 0.3) is 5.82 Å². The smallest absolute Gasteiger partial charge is 0.314 e. The molecule has 3 aromatic rings. The average Bonchev–Trinajstić information content (AvgIpc) is 3.48. The van der Waals surface area contributed by atoms with Crippen LogP contribution in [0.15, 0.2) is 41.9 Å². The molecule has 0 aliphatic carbocycles. The van der Waals surface area contributed by atoms with E-state index in [0.29, 0.717) is 31.4 Å². The van der Waals surface area contributed by atoms with Crippen LogP contribution in [0.1, 0.15) is 16.6 Å². The van der Waals surface area contributed by atoms with Gasteiger partial charge in [0.05, 0.1) is 31.1 Å². The highest BCUT2D eigenvalue weighted by molar-refractivity contribution is 7.10. The van der Waals surface area contributed by atoms with Crippen molar-refractivity contribution in [1.29, 1.82) is 0 Å². The Morgan fingerprint density at radius 1 is 1.16 bits per heavy atom. The van der Waals surface area contributed by atoms with Crippen LogP contribution in [0.2, 0.25) is 0 Å². The lowest BCUT2D eigenvalue weighted by Crippen LogP contribution is -2.45. The molecule has 1 aliphatic heterocycles. The van der Waals surface area contributed by atoms with Gasteiger partial charge in [-0.25, -0.2) is 0 Å². The Bertz CT molecular complexity index is 1010. The van der Waals surface area contributed by atoms with E-state index in [1.54, 1.807) is 29.5 Å². The number of thiophene rings is 1. The lowest BCUT2D eigenvalue weighted by molar-refractivity contribution is -0.136. The number of aryl methyl sites for hydroxylation is 1. The molecule has 0 aromatic carbocycles. The first-order valence-corrected chi connectivity index (χ1v) is 10.8. The van der Waals surface area contributed by atoms with Gasteiger partial charge in [0.2, 0.25) is 0 Å². The number of amides is 2. The first-order valence-electron chi connectivity index (χ1n) is 9.91.